The van der Waals surface area contributed by atoms with Crippen molar-refractivity contribution in [1.82, 2.24) is 4.72 Å². The van der Waals surface area contributed by atoms with Crippen molar-refractivity contribution in [2.24, 2.45) is 5.92 Å². The predicted octanol–water partition coefficient (Wildman–Crippen LogP) is 2.87. The molecule has 0 bridgehead atoms. The normalized spacial score (nSPS) is 18.6. The van der Waals surface area contributed by atoms with Crippen LogP contribution in [0, 0.1) is 12.8 Å². The van der Waals surface area contributed by atoms with E-state index >= 15 is 0 Å². The van der Waals surface area contributed by atoms with Crippen molar-refractivity contribution in [2.45, 2.75) is 50.0 Å². The van der Waals surface area contributed by atoms with Crippen LogP contribution in [0.2, 0.25) is 5.02 Å². The number of hydrogen-bond donors (Lipinski definition) is 2. The Morgan fingerprint density at radius 3 is 2.67 bits per heavy atom. The standard InChI is InChI=1S/C15H22ClNO3S/c1-11-7-8-13(16)9-15(11)21(19,20)17-10-14(18)12-5-3-2-4-6-12/h7-9,12,14,17-18H,2-6,10H2,1H3. The molecule has 118 valence electrons. The van der Waals surface area contributed by atoms with Crippen LogP contribution in [0.5, 0.6) is 0 Å². The van der Waals surface area contributed by atoms with E-state index in [1.807, 2.05) is 0 Å². The molecular weight excluding hydrogens is 310 g/mol. The fourth-order valence-corrected chi connectivity index (χ4v) is 4.38. The number of nitrogens with one attached hydrogen (secondary N) is 1. The lowest BCUT2D eigenvalue weighted by atomic mass is 9.85. The van der Waals surface area contributed by atoms with E-state index in [9.17, 15) is 13.5 Å². The maximum Gasteiger partial charge on any atom is 0.240 e. The zero-order chi connectivity index (χ0) is 15.5. The van der Waals surface area contributed by atoms with Gasteiger partial charge in [0.25, 0.3) is 0 Å². The number of benzene rings is 1. The molecule has 1 saturated carbocycles. The molecule has 1 aliphatic carbocycles. The molecule has 0 saturated heterocycles. The van der Waals surface area contributed by atoms with E-state index in [0.717, 1.165) is 25.7 Å². The molecule has 1 fully saturated rings. The summed E-state index contributed by atoms with van der Waals surface area (Å²) in [5.74, 6) is 0.196. The molecule has 21 heavy (non-hydrogen) atoms. The first-order valence-corrected chi connectivity index (χ1v) is 9.20. The van der Waals surface area contributed by atoms with Gasteiger partial charge < -0.3 is 5.11 Å². The van der Waals surface area contributed by atoms with Crippen LogP contribution in [-0.4, -0.2) is 26.2 Å². The lowest BCUT2D eigenvalue weighted by Gasteiger charge is -2.26. The highest BCUT2D eigenvalue weighted by Gasteiger charge is 2.24. The molecule has 2 N–H and O–H groups in total. The van der Waals surface area contributed by atoms with Crippen molar-refractivity contribution in [3.63, 3.8) is 0 Å². The van der Waals surface area contributed by atoms with Gasteiger partial charge in [-0.2, -0.15) is 0 Å². The van der Waals surface area contributed by atoms with Gasteiger partial charge in [0.2, 0.25) is 10.0 Å². The van der Waals surface area contributed by atoms with Gasteiger partial charge in [-0.05, 0) is 43.4 Å². The lowest BCUT2D eigenvalue weighted by Crippen LogP contribution is -2.37. The van der Waals surface area contributed by atoms with Gasteiger partial charge in [0.05, 0.1) is 11.0 Å². The number of sulfonamides is 1. The molecule has 0 aliphatic heterocycles. The van der Waals surface area contributed by atoms with E-state index in [0.29, 0.717) is 10.6 Å². The fraction of sp³-hybridized carbons (Fsp3) is 0.600. The number of rotatable bonds is 5. The van der Waals surface area contributed by atoms with Crippen molar-refractivity contribution in [1.29, 1.82) is 0 Å². The van der Waals surface area contributed by atoms with Crippen LogP contribution in [0.15, 0.2) is 23.1 Å². The van der Waals surface area contributed by atoms with Crippen molar-refractivity contribution >= 4 is 21.6 Å². The van der Waals surface area contributed by atoms with E-state index in [2.05, 4.69) is 4.72 Å². The summed E-state index contributed by atoms with van der Waals surface area (Å²) < 4.78 is 27.1. The maximum atomic E-state index is 12.3. The minimum atomic E-state index is -3.64. The number of hydrogen-bond acceptors (Lipinski definition) is 3. The largest absolute Gasteiger partial charge is 0.391 e. The van der Waals surface area contributed by atoms with Gasteiger partial charge in [-0.25, -0.2) is 13.1 Å². The van der Waals surface area contributed by atoms with Gasteiger partial charge in [0.15, 0.2) is 0 Å². The SMILES string of the molecule is Cc1ccc(Cl)cc1S(=O)(=O)NCC(O)C1CCCCC1. The summed E-state index contributed by atoms with van der Waals surface area (Å²) in [4.78, 5) is 0.172. The Bertz CT molecular complexity index is 583. The minimum absolute atomic E-state index is 0.0545. The molecule has 1 aliphatic rings. The first-order chi connectivity index (χ1) is 9.90. The summed E-state index contributed by atoms with van der Waals surface area (Å²) >= 11 is 5.87. The van der Waals surface area contributed by atoms with Crippen LogP contribution in [0.4, 0.5) is 0 Å². The molecule has 0 amide bonds. The van der Waals surface area contributed by atoms with E-state index < -0.39 is 16.1 Å². The van der Waals surface area contributed by atoms with E-state index in [1.165, 1.54) is 12.5 Å². The second-order valence-electron chi connectivity index (χ2n) is 5.73. The zero-order valence-corrected chi connectivity index (χ0v) is 13.8. The summed E-state index contributed by atoms with van der Waals surface area (Å²) in [6.45, 7) is 1.78. The second-order valence-corrected chi connectivity index (χ2v) is 7.90. The Morgan fingerprint density at radius 2 is 2.00 bits per heavy atom. The summed E-state index contributed by atoms with van der Waals surface area (Å²) in [6, 6.07) is 4.77. The van der Waals surface area contributed by atoms with Crippen LogP contribution in [0.3, 0.4) is 0 Å². The maximum absolute atomic E-state index is 12.3. The summed E-state index contributed by atoms with van der Waals surface area (Å²) in [5.41, 5.74) is 0.638. The Balaban J connectivity index is 2.02. The quantitative estimate of drug-likeness (QED) is 0.871. The molecule has 0 heterocycles. The lowest BCUT2D eigenvalue weighted by molar-refractivity contribution is 0.0888. The first kappa shape index (κ1) is 16.7. The Kier molecular flexibility index (Phi) is 5.66. The fourth-order valence-electron chi connectivity index (χ4n) is 2.82. The molecule has 0 radical (unpaired) electrons. The monoisotopic (exact) mass is 331 g/mol. The Hall–Kier alpha value is -0.620. The molecule has 4 nitrogen and oxygen atoms in total. The van der Waals surface area contributed by atoms with Gasteiger partial charge in [-0.15, -0.1) is 0 Å². The predicted molar refractivity (Wildman–Crippen MR) is 84.0 cm³/mol. The molecule has 1 aromatic rings. The topological polar surface area (TPSA) is 66.4 Å². The van der Waals surface area contributed by atoms with E-state index in [4.69, 9.17) is 11.6 Å². The van der Waals surface area contributed by atoms with Crippen LogP contribution in [0.25, 0.3) is 0 Å². The highest BCUT2D eigenvalue weighted by atomic mass is 35.5. The number of aryl methyl sites for hydroxylation is 1. The zero-order valence-electron chi connectivity index (χ0n) is 12.2. The Labute approximate surface area is 131 Å². The van der Waals surface area contributed by atoms with Gasteiger partial charge in [0.1, 0.15) is 0 Å². The average molecular weight is 332 g/mol. The summed E-state index contributed by atoms with van der Waals surface area (Å²) in [5, 5.41) is 10.5. The highest BCUT2D eigenvalue weighted by molar-refractivity contribution is 7.89. The first-order valence-electron chi connectivity index (χ1n) is 7.34. The van der Waals surface area contributed by atoms with Gasteiger partial charge in [-0.1, -0.05) is 36.9 Å². The molecule has 0 spiro atoms. The van der Waals surface area contributed by atoms with Crippen molar-refractivity contribution in [2.75, 3.05) is 6.54 Å². The van der Waals surface area contributed by atoms with E-state index in [-0.39, 0.29) is 17.4 Å². The van der Waals surface area contributed by atoms with Crippen LogP contribution < -0.4 is 4.72 Å². The van der Waals surface area contributed by atoms with Crippen LogP contribution >= 0.6 is 11.6 Å². The number of halogens is 1. The van der Waals surface area contributed by atoms with Gasteiger partial charge in [0, 0.05) is 11.6 Å². The third-order valence-corrected chi connectivity index (χ3v) is 5.92. The molecule has 2 rings (SSSR count). The Morgan fingerprint density at radius 1 is 1.33 bits per heavy atom. The molecule has 0 aromatic heterocycles. The smallest absolute Gasteiger partial charge is 0.240 e. The minimum Gasteiger partial charge on any atom is -0.391 e. The number of aliphatic hydroxyl groups is 1. The molecule has 6 heteroatoms. The molecule has 1 aromatic carbocycles. The van der Waals surface area contributed by atoms with E-state index in [1.54, 1.807) is 19.1 Å². The van der Waals surface area contributed by atoms with Crippen LogP contribution in [0.1, 0.15) is 37.7 Å². The van der Waals surface area contributed by atoms with Crippen molar-refractivity contribution in [3.8, 4) is 0 Å². The highest BCUT2D eigenvalue weighted by Crippen LogP contribution is 2.26. The molecule has 1 unspecified atom stereocenters. The average Bonchev–Trinajstić information content (AvgIpc) is 2.48. The van der Waals surface area contributed by atoms with Crippen molar-refractivity contribution < 1.29 is 13.5 Å². The third kappa shape index (κ3) is 4.42. The second kappa shape index (κ2) is 7.09. The van der Waals surface area contributed by atoms with Crippen molar-refractivity contribution in [3.05, 3.63) is 28.8 Å². The van der Waals surface area contributed by atoms with Crippen LogP contribution in [-0.2, 0) is 10.0 Å². The molecular formula is C15H22ClNO3S. The summed E-state index contributed by atoms with van der Waals surface area (Å²) in [7, 11) is -3.64. The number of aliphatic hydroxyl groups excluding tert-OH is 1. The molecule has 1 atom stereocenters. The van der Waals surface area contributed by atoms with Gasteiger partial charge in [-0.3, -0.25) is 0 Å². The van der Waals surface area contributed by atoms with Gasteiger partial charge >= 0.3 is 0 Å². The summed E-state index contributed by atoms with van der Waals surface area (Å²) in [6.07, 6.45) is 4.75. The third-order valence-electron chi connectivity index (χ3n) is 4.12.